The summed E-state index contributed by atoms with van der Waals surface area (Å²) in [4.78, 5) is 42.3. The highest BCUT2D eigenvalue weighted by Gasteiger charge is 2.46. The quantitative estimate of drug-likeness (QED) is 0.561. The van der Waals surface area contributed by atoms with E-state index in [1.54, 1.807) is 16.2 Å². The number of hydrogen-bond acceptors (Lipinski definition) is 5. The number of H-pyrrole nitrogens is 2. The van der Waals surface area contributed by atoms with Crippen molar-refractivity contribution in [2.45, 2.75) is 19.8 Å². The van der Waals surface area contributed by atoms with E-state index in [1.807, 2.05) is 30.5 Å². The maximum atomic E-state index is 13.1. The van der Waals surface area contributed by atoms with Crippen LogP contribution >= 0.6 is 11.3 Å². The van der Waals surface area contributed by atoms with Gasteiger partial charge in [0.15, 0.2) is 0 Å². The van der Waals surface area contributed by atoms with Gasteiger partial charge in [-0.1, -0.05) is 30.3 Å². The number of aromatic amines is 2. The van der Waals surface area contributed by atoms with Gasteiger partial charge >= 0.3 is 5.69 Å². The van der Waals surface area contributed by atoms with E-state index in [-0.39, 0.29) is 24.2 Å². The van der Waals surface area contributed by atoms with Gasteiger partial charge in [-0.25, -0.2) is 9.89 Å². The van der Waals surface area contributed by atoms with Crippen molar-refractivity contribution in [2.24, 2.45) is 5.41 Å². The summed E-state index contributed by atoms with van der Waals surface area (Å²) in [5.74, 6) is -0.476. The fourth-order valence-electron chi connectivity index (χ4n) is 3.99. The minimum Gasteiger partial charge on any atom is -0.356 e. The minimum absolute atomic E-state index is 0.0357. The highest BCUT2D eigenvalue weighted by atomic mass is 32.1. The van der Waals surface area contributed by atoms with E-state index in [9.17, 15) is 14.4 Å². The first kappa shape index (κ1) is 20.1. The lowest BCUT2D eigenvalue weighted by Gasteiger charge is -2.28. The van der Waals surface area contributed by atoms with Crippen LogP contribution in [0.2, 0.25) is 0 Å². The fourth-order valence-corrected chi connectivity index (χ4v) is 4.72. The highest BCUT2D eigenvalue weighted by molar-refractivity contribution is 7.13. The largest absolute Gasteiger partial charge is 0.356 e. The first-order valence-electron chi connectivity index (χ1n) is 9.86. The smallest absolute Gasteiger partial charge is 0.341 e. The van der Waals surface area contributed by atoms with Crippen LogP contribution in [0.3, 0.4) is 0 Å². The maximum absolute atomic E-state index is 13.1. The predicted molar refractivity (Wildman–Crippen MR) is 114 cm³/mol. The number of benzene rings is 1. The van der Waals surface area contributed by atoms with Gasteiger partial charge in [-0.2, -0.15) is 0 Å². The van der Waals surface area contributed by atoms with Crippen molar-refractivity contribution in [3.05, 3.63) is 63.7 Å². The molecule has 8 nitrogen and oxygen atoms in total. The van der Waals surface area contributed by atoms with Crippen LogP contribution in [0.5, 0.6) is 0 Å². The molecule has 156 valence electrons. The molecule has 1 atom stereocenters. The van der Waals surface area contributed by atoms with Crippen LogP contribution in [0, 0.1) is 5.41 Å². The second-order valence-electron chi connectivity index (χ2n) is 7.50. The third-order valence-electron chi connectivity index (χ3n) is 5.44. The number of amides is 2. The molecule has 0 bridgehead atoms. The van der Waals surface area contributed by atoms with Crippen LogP contribution in [0.15, 0.2) is 46.6 Å². The van der Waals surface area contributed by atoms with Gasteiger partial charge in [0, 0.05) is 24.5 Å². The van der Waals surface area contributed by atoms with Crippen LogP contribution < -0.4 is 11.0 Å². The predicted octanol–water partition coefficient (Wildman–Crippen LogP) is 2.04. The molecule has 9 heteroatoms. The average molecular weight is 426 g/mol. The van der Waals surface area contributed by atoms with Crippen molar-refractivity contribution in [3.63, 3.8) is 0 Å². The Labute approximate surface area is 177 Å². The Kier molecular flexibility index (Phi) is 5.54. The first-order chi connectivity index (χ1) is 14.5. The van der Waals surface area contributed by atoms with Crippen molar-refractivity contribution < 1.29 is 9.59 Å². The van der Waals surface area contributed by atoms with Gasteiger partial charge in [0.25, 0.3) is 5.91 Å². The van der Waals surface area contributed by atoms with Gasteiger partial charge in [0.05, 0.1) is 5.41 Å². The summed E-state index contributed by atoms with van der Waals surface area (Å²) in [6.45, 7) is 3.11. The second kappa shape index (κ2) is 8.27. The third-order valence-corrected chi connectivity index (χ3v) is 6.36. The molecule has 3 N–H and O–H groups in total. The number of nitrogens with one attached hydrogen (secondary N) is 3. The standard InChI is InChI=1S/C21H23N5O3S/c1-2-22-19(28)21(8-9-26(13-21)18(27)17-23-20(29)25-24-17)12-14-5-3-6-15(11-14)16-7-4-10-30-16/h3-7,10-11H,2,8-9,12-13H2,1H3,(H,22,28)(H2,23,24,25,29)/t21-/m0/s1. The zero-order chi connectivity index (χ0) is 21.1. The zero-order valence-corrected chi connectivity index (χ0v) is 17.4. The fraction of sp³-hybridized carbons (Fsp3) is 0.333. The summed E-state index contributed by atoms with van der Waals surface area (Å²) in [6.07, 6.45) is 1.07. The number of aromatic nitrogens is 3. The van der Waals surface area contributed by atoms with E-state index in [2.05, 4.69) is 38.7 Å². The molecule has 30 heavy (non-hydrogen) atoms. The molecule has 1 saturated heterocycles. The zero-order valence-electron chi connectivity index (χ0n) is 16.6. The van der Waals surface area contributed by atoms with Crippen molar-refractivity contribution in [2.75, 3.05) is 19.6 Å². The van der Waals surface area contributed by atoms with Crippen LogP contribution in [-0.2, 0) is 11.2 Å². The third kappa shape index (κ3) is 3.93. The minimum atomic E-state index is -0.726. The normalized spacial score (nSPS) is 18.5. The Bertz CT molecular complexity index is 1100. The van der Waals surface area contributed by atoms with Gasteiger partial charge in [0.2, 0.25) is 11.7 Å². The summed E-state index contributed by atoms with van der Waals surface area (Å²) < 4.78 is 0. The molecule has 1 aliphatic rings. The van der Waals surface area contributed by atoms with E-state index in [0.29, 0.717) is 25.9 Å². The molecule has 0 saturated carbocycles. The van der Waals surface area contributed by atoms with E-state index in [0.717, 1.165) is 11.1 Å². The number of thiophene rings is 1. The van der Waals surface area contributed by atoms with Crippen LogP contribution in [0.1, 0.15) is 29.5 Å². The highest BCUT2D eigenvalue weighted by Crippen LogP contribution is 2.36. The molecule has 3 heterocycles. The lowest BCUT2D eigenvalue weighted by Crippen LogP contribution is -2.45. The van der Waals surface area contributed by atoms with Gasteiger partial charge in [-0.3, -0.25) is 14.6 Å². The maximum Gasteiger partial charge on any atom is 0.341 e. The van der Waals surface area contributed by atoms with Crippen molar-refractivity contribution in [1.82, 2.24) is 25.4 Å². The number of hydrogen-bond donors (Lipinski definition) is 3. The summed E-state index contributed by atoms with van der Waals surface area (Å²) in [6, 6.07) is 12.3. The first-order valence-corrected chi connectivity index (χ1v) is 10.7. The number of carbonyl (C=O) groups excluding carboxylic acids is 2. The Morgan fingerprint density at radius 1 is 1.30 bits per heavy atom. The lowest BCUT2D eigenvalue weighted by molar-refractivity contribution is -0.130. The van der Waals surface area contributed by atoms with Gasteiger partial charge in [0.1, 0.15) is 0 Å². The summed E-state index contributed by atoms with van der Waals surface area (Å²) in [5.41, 5.74) is 0.914. The van der Waals surface area contributed by atoms with Crippen LogP contribution in [0.25, 0.3) is 10.4 Å². The Balaban J connectivity index is 1.59. The lowest BCUT2D eigenvalue weighted by atomic mass is 9.79. The average Bonchev–Trinajstić information content (AvgIpc) is 3.49. The molecule has 1 aromatic carbocycles. The molecule has 0 radical (unpaired) electrons. The molecule has 0 aliphatic carbocycles. The van der Waals surface area contributed by atoms with Crippen molar-refractivity contribution in [1.29, 1.82) is 0 Å². The van der Waals surface area contributed by atoms with Gasteiger partial charge < -0.3 is 10.2 Å². The SMILES string of the molecule is CCNC(=O)[C@]1(Cc2cccc(-c3cccs3)c2)CCN(C(=O)c2n[nH]c(=O)[nH]2)C1. The van der Waals surface area contributed by atoms with E-state index >= 15 is 0 Å². The number of carbonyl (C=O) groups is 2. The second-order valence-corrected chi connectivity index (χ2v) is 8.44. The number of nitrogens with zero attached hydrogens (tertiary/aromatic N) is 2. The molecule has 2 amide bonds. The van der Waals surface area contributed by atoms with E-state index < -0.39 is 11.1 Å². The summed E-state index contributed by atoms with van der Waals surface area (Å²) in [7, 11) is 0. The number of rotatable bonds is 6. The summed E-state index contributed by atoms with van der Waals surface area (Å²) >= 11 is 1.67. The van der Waals surface area contributed by atoms with Gasteiger partial charge in [-0.15, -0.1) is 16.4 Å². The van der Waals surface area contributed by atoms with Crippen LogP contribution in [-0.4, -0.2) is 51.5 Å². The van der Waals surface area contributed by atoms with Crippen molar-refractivity contribution in [3.8, 4) is 10.4 Å². The molecular weight excluding hydrogens is 402 g/mol. The van der Waals surface area contributed by atoms with E-state index in [4.69, 9.17) is 0 Å². The Hall–Kier alpha value is -3.20. The summed E-state index contributed by atoms with van der Waals surface area (Å²) in [5, 5.41) is 10.9. The molecule has 3 aromatic rings. The molecule has 0 spiro atoms. The van der Waals surface area contributed by atoms with E-state index in [1.165, 1.54) is 4.88 Å². The topological polar surface area (TPSA) is 111 Å². The number of likely N-dealkylation sites (tertiary alicyclic amines) is 1. The molecule has 1 fully saturated rings. The molecule has 0 unspecified atom stereocenters. The van der Waals surface area contributed by atoms with Gasteiger partial charge in [-0.05, 0) is 42.3 Å². The molecule has 1 aliphatic heterocycles. The van der Waals surface area contributed by atoms with Crippen molar-refractivity contribution >= 4 is 23.2 Å². The Morgan fingerprint density at radius 2 is 2.17 bits per heavy atom. The molecule has 4 rings (SSSR count). The molecular formula is C21H23N5O3S. The monoisotopic (exact) mass is 425 g/mol. The molecule has 2 aromatic heterocycles. The Morgan fingerprint density at radius 3 is 2.87 bits per heavy atom. The van der Waals surface area contributed by atoms with Crippen LogP contribution in [0.4, 0.5) is 0 Å².